The summed E-state index contributed by atoms with van der Waals surface area (Å²) in [6.07, 6.45) is 5.02. The lowest BCUT2D eigenvalue weighted by molar-refractivity contribution is 0.454. The van der Waals surface area contributed by atoms with Crippen molar-refractivity contribution < 1.29 is 4.42 Å². The first-order chi connectivity index (χ1) is 9.75. The molecule has 3 aromatic heterocycles. The zero-order valence-electron chi connectivity index (χ0n) is 10.5. The molecule has 3 aromatic rings. The van der Waals surface area contributed by atoms with Crippen LogP contribution in [0.5, 0.6) is 0 Å². The third-order valence-electron chi connectivity index (χ3n) is 3.00. The van der Waals surface area contributed by atoms with Crippen molar-refractivity contribution in [3.63, 3.8) is 0 Å². The summed E-state index contributed by atoms with van der Waals surface area (Å²) in [7, 11) is 0. The first kappa shape index (κ1) is 12.3. The van der Waals surface area contributed by atoms with Crippen LogP contribution < -0.4 is 11.3 Å². The lowest BCUT2D eigenvalue weighted by Gasteiger charge is -2.04. The number of hydrogen-bond acceptors (Lipinski definition) is 5. The number of pyridine rings is 2. The van der Waals surface area contributed by atoms with Crippen LogP contribution in [0, 0.1) is 0 Å². The second kappa shape index (κ2) is 5.08. The molecule has 0 unspecified atom stereocenters. The van der Waals surface area contributed by atoms with Gasteiger partial charge in [0.2, 0.25) is 0 Å². The van der Waals surface area contributed by atoms with Crippen molar-refractivity contribution >= 4 is 11.0 Å². The number of nitrogens with zero attached hydrogens (tertiary/aromatic N) is 3. The standard InChI is InChI=1S/C14H11N3O3/c18-13-11-4-7-15-9-12(11)20-14(19)17(13)8-5-10-3-1-2-6-16-10/h1-4,6-7,9H,5,8H2. The van der Waals surface area contributed by atoms with Crippen LogP contribution in [0.25, 0.3) is 11.0 Å². The first-order valence-electron chi connectivity index (χ1n) is 6.13. The number of rotatable bonds is 3. The van der Waals surface area contributed by atoms with Gasteiger partial charge < -0.3 is 4.42 Å². The molecular formula is C14H11N3O3. The van der Waals surface area contributed by atoms with Crippen LogP contribution in [0.1, 0.15) is 5.69 Å². The maximum absolute atomic E-state index is 12.2. The SMILES string of the molecule is O=c1oc2cnccc2c(=O)n1CCc1ccccn1. The summed E-state index contributed by atoms with van der Waals surface area (Å²) in [6, 6.07) is 7.06. The lowest BCUT2D eigenvalue weighted by Crippen LogP contribution is -2.33. The molecular weight excluding hydrogens is 258 g/mol. The highest BCUT2D eigenvalue weighted by molar-refractivity contribution is 5.73. The van der Waals surface area contributed by atoms with E-state index >= 15 is 0 Å². The summed E-state index contributed by atoms with van der Waals surface area (Å²) in [4.78, 5) is 32.0. The number of aryl methyl sites for hydroxylation is 1. The molecule has 0 saturated heterocycles. The van der Waals surface area contributed by atoms with Crippen LogP contribution in [0.2, 0.25) is 0 Å². The van der Waals surface area contributed by atoms with Crippen molar-refractivity contribution in [2.24, 2.45) is 0 Å². The summed E-state index contributed by atoms with van der Waals surface area (Å²) >= 11 is 0. The molecule has 0 aliphatic carbocycles. The molecule has 3 heterocycles. The van der Waals surface area contributed by atoms with Gasteiger partial charge in [0.05, 0.1) is 11.6 Å². The van der Waals surface area contributed by atoms with E-state index in [1.54, 1.807) is 6.20 Å². The predicted molar refractivity (Wildman–Crippen MR) is 72.5 cm³/mol. The molecule has 3 rings (SSSR count). The van der Waals surface area contributed by atoms with E-state index in [1.165, 1.54) is 18.5 Å². The average molecular weight is 269 g/mol. The third-order valence-corrected chi connectivity index (χ3v) is 3.00. The van der Waals surface area contributed by atoms with E-state index in [1.807, 2.05) is 18.2 Å². The van der Waals surface area contributed by atoms with Gasteiger partial charge in [-0.05, 0) is 18.2 Å². The van der Waals surface area contributed by atoms with Gasteiger partial charge in [0.25, 0.3) is 5.56 Å². The van der Waals surface area contributed by atoms with Crippen molar-refractivity contribution in [3.05, 3.63) is 69.5 Å². The van der Waals surface area contributed by atoms with Crippen LogP contribution in [0.4, 0.5) is 0 Å². The van der Waals surface area contributed by atoms with Crippen LogP contribution in [-0.4, -0.2) is 14.5 Å². The second-order valence-electron chi connectivity index (χ2n) is 4.27. The Kier molecular flexibility index (Phi) is 3.12. The zero-order chi connectivity index (χ0) is 13.9. The van der Waals surface area contributed by atoms with Gasteiger partial charge in [-0.2, -0.15) is 0 Å². The Balaban J connectivity index is 2.00. The molecule has 0 saturated carbocycles. The van der Waals surface area contributed by atoms with E-state index < -0.39 is 5.76 Å². The molecule has 0 aromatic carbocycles. The molecule has 6 heteroatoms. The molecule has 0 aliphatic heterocycles. The molecule has 0 bridgehead atoms. The summed E-state index contributed by atoms with van der Waals surface area (Å²) in [5, 5.41) is 0.348. The number of hydrogen-bond donors (Lipinski definition) is 0. The van der Waals surface area contributed by atoms with Crippen LogP contribution in [0.3, 0.4) is 0 Å². The average Bonchev–Trinajstić information content (AvgIpc) is 2.48. The van der Waals surface area contributed by atoms with Gasteiger partial charge in [-0.25, -0.2) is 9.36 Å². The minimum absolute atomic E-state index is 0.205. The molecule has 0 aliphatic rings. The molecule has 0 spiro atoms. The highest BCUT2D eigenvalue weighted by atomic mass is 16.4. The largest absolute Gasteiger partial charge is 0.422 e. The van der Waals surface area contributed by atoms with Crippen molar-refractivity contribution in [1.82, 2.24) is 14.5 Å². The van der Waals surface area contributed by atoms with Gasteiger partial charge in [0, 0.05) is 31.1 Å². The first-order valence-corrected chi connectivity index (χ1v) is 6.13. The van der Waals surface area contributed by atoms with Crippen molar-refractivity contribution in [2.75, 3.05) is 0 Å². The fraction of sp³-hybridized carbons (Fsp3) is 0.143. The zero-order valence-corrected chi connectivity index (χ0v) is 10.5. The second-order valence-corrected chi connectivity index (χ2v) is 4.27. The van der Waals surface area contributed by atoms with Crippen molar-refractivity contribution in [2.45, 2.75) is 13.0 Å². The minimum Gasteiger partial charge on any atom is -0.407 e. The Morgan fingerprint density at radius 1 is 1.15 bits per heavy atom. The van der Waals surface area contributed by atoms with E-state index in [4.69, 9.17) is 4.42 Å². The Bertz CT molecular complexity index is 853. The van der Waals surface area contributed by atoms with Crippen LogP contribution >= 0.6 is 0 Å². The molecule has 6 nitrogen and oxygen atoms in total. The molecule has 100 valence electrons. The highest BCUT2D eigenvalue weighted by Crippen LogP contribution is 2.04. The molecule has 0 atom stereocenters. The fourth-order valence-electron chi connectivity index (χ4n) is 1.98. The van der Waals surface area contributed by atoms with Gasteiger partial charge in [-0.3, -0.25) is 14.8 Å². The highest BCUT2D eigenvalue weighted by Gasteiger charge is 2.09. The van der Waals surface area contributed by atoms with Gasteiger partial charge in [-0.15, -0.1) is 0 Å². The van der Waals surface area contributed by atoms with Crippen molar-refractivity contribution in [1.29, 1.82) is 0 Å². The van der Waals surface area contributed by atoms with E-state index in [9.17, 15) is 9.59 Å². The summed E-state index contributed by atoms with van der Waals surface area (Å²) < 4.78 is 6.17. The van der Waals surface area contributed by atoms with Gasteiger partial charge in [-0.1, -0.05) is 6.07 Å². The summed E-state index contributed by atoms with van der Waals surface area (Å²) in [5.74, 6) is -0.675. The van der Waals surface area contributed by atoms with Gasteiger partial charge in [0.15, 0.2) is 5.58 Å². The summed E-state index contributed by atoms with van der Waals surface area (Å²) in [5.41, 5.74) is 0.653. The van der Waals surface area contributed by atoms with Gasteiger partial charge >= 0.3 is 5.76 Å². The molecule has 20 heavy (non-hydrogen) atoms. The molecule has 0 radical (unpaired) electrons. The Morgan fingerprint density at radius 3 is 2.85 bits per heavy atom. The van der Waals surface area contributed by atoms with Gasteiger partial charge in [0.1, 0.15) is 0 Å². The smallest absolute Gasteiger partial charge is 0.407 e. The monoisotopic (exact) mass is 269 g/mol. The quantitative estimate of drug-likeness (QED) is 0.708. The van der Waals surface area contributed by atoms with E-state index in [0.717, 1.165) is 10.3 Å². The van der Waals surface area contributed by atoms with Crippen molar-refractivity contribution in [3.8, 4) is 0 Å². The molecule has 0 N–H and O–H groups in total. The number of fused-ring (bicyclic) bond motifs is 1. The maximum atomic E-state index is 12.2. The predicted octanol–water partition coefficient (Wildman–Crippen LogP) is 0.987. The Hall–Kier alpha value is -2.76. The Morgan fingerprint density at radius 2 is 2.05 bits per heavy atom. The normalized spacial score (nSPS) is 10.8. The van der Waals surface area contributed by atoms with E-state index in [2.05, 4.69) is 9.97 Å². The fourth-order valence-corrected chi connectivity index (χ4v) is 1.98. The van der Waals surface area contributed by atoms with E-state index in [0.29, 0.717) is 11.8 Å². The van der Waals surface area contributed by atoms with Crippen LogP contribution in [0.15, 0.2) is 56.9 Å². The maximum Gasteiger partial charge on any atom is 0.422 e. The molecule has 0 fully saturated rings. The van der Waals surface area contributed by atoms with Crippen LogP contribution in [-0.2, 0) is 13.0 Å². The summed E-state index contributed by atoms with van der Waals surface area (Å²) in [6.45, 7) is 0.233. The molecule has 0 amide bonds. The third kappa shape index (κ3) is 2.23. The van der Waals surface area contributed by atoms with E-state index in [-0.39, 0.29) is 17.7 Å². The minimum atomic E-state index is -0.675. The number of aromatic nitrogens is 3. The lowest BCUT2D eigenvalue weighted by atomic mass is 10.2. The Labute approximate surface area is 113 Å². The topological polar surface area (TPSA) is 78.0 Å².